The molecule has 1 aliphatic rings. The fourth-order valence-electron chi connectivity index (χ4n) is 2.24. The summed E-state index contributed by atoms with van der Waals surface area (Å²) in [7, 11) is 0. The van der Waals surface area contributed by atoms with Gasteiger partial charge in [0.15, 0.2) is 0 Å². The lowest BCUT2D eigenvalue weighted by atomic mass is 9.83. The van der Waals surface area contributed by atoms with Gasteiger partial charge in [0.2, 0.25) is 0 Å². The lowest BCUT2D eigenvalue weighted by Crippen LogP contribution is -2.32. The van der Waals surface area contributed by atoms with Crippen LogP contribution in [0.4, 0.5) is 0 Å². The highest BCUT2D eigenvalue weighted by molar-refractivity contribution is 6.35. The van der Waals surface area contributed by atoms with Crippen LogP contribution in [0.25, 0.3) is 0 Å². The van der Waals surface area contributed by atoms with E-state index < -0.39 is 23.8 Å². The average Bonchev–Trinajstić information content (AvgIpc) is 2.46. The maximum atomic E-state index is 12.1. The van der Waals surface area contributed by atoms with Crippen molar-refractivity contribution in [3.05, 3.63) is 46.0 Å². The van der Waals surface area contributed by atoms with Crippen LogP contribution in [0, 0.1) is 11.8 Å². The zero-order valence-electron chi connectivity index (χ0n) is 11.1. The van der Waals surface area contributed by atoms with Gasteiger partial charge in [-0.3, -0.25) is 9.59 Å². The Labute approximate surface area is 132 Å². The lowest BCUT2D eigenvalue weighted by Gasteiger charge is -2.23. The van der Waals surface area contributed by atoms with E-state index in [-0.39, 0.29) is 6.61 Å². The predicted octanol–water partition coefficient (Wildman–Crippen LogP) is 3.70. The number of hydrogen-bond acceptors (Lipinski definition) is 3. The molecule has 0 bridgehead atoms. The molecule has 112 valence electrons. The Morgan fingerprint density at radius 3 is 2.48 bits per heavy atom. The Hall–Kier alpha value is -1.52. The SMILES string of the molecule is O=C(O)[C@@H]1CC=CC[C@H]1C(=O)OCc1ccc(Cl)cc1Cl. The number of carboxylic acids is 1. The topological polar surface area (TPSA) is 63.6 Å². The first-order valence-electron chi connectivity index (χ1n) is 6.47. The van der Waals surface area contributed by atoms with Crippen molar-refractivity contribution in [1.29, 1.82) is 0 Å². The van der Waals surface area contributed by atoms with E-state index >= 15 is 0 Å². The van der Waals surface area contributed by atoms with Crippen LogP contribution in [-0.4, -0.2) is 17.0 Å². The van der Waals surface area contributed by atoms with Crippen molar-refractivity contribution in [1.82, 2.24) is 0 Å². The van der Waals surface area contributed by atoms with E-state index in [0.717, 1.165) is 0 Å². The summed E-state index contributed by atoms with van der Waals surface area (Å²) < 4.78 is 5.20. The third kappa shape index (κ3) is 3.99. The van der Waals surface area contributed by atoms with Gasteiger partial charge in [-0.05, 0) is 25.0 Å². The molecule has 0 spiro atoms. The van der Waals surface area contributed by atoms with Crippen LogP contribution >= 0.6 is 23.2 Å². The number of esters is 1. The highest BCUT2D eigenvalue weighted by atomic mass is 35.5. The Balaban J connectivity index is 2.00. The van der Waals surface area contributed by atoms with E-state index in [0.29, 0.717) is 28.5 Å². The first-order chi connectivity index (χ1) is 9.99. The van der Waals surface area contributed by atoms with E-state index in [1.807, 2.05) is 0 Å². The molecule has 2 atom stereocenters. The van der Waals surface area contributed by atoms with Gasteiger partial charge in [0, 0.05) is 15.6 Å². The Morgan fingerprint density at radius 2 is 1.86 bits per heavy atom. The largest absolute Gasteiger partial charge is 0.481 e. The van der Waals surface area contributed by atoms with Crippen LogP contribution < -0.4 is 0 Å². The molecular weight excluding hydrogens is 315 g/mol. The van der Waals surface area contributed by atoms with Gasteiger partial charge in [-0.25, -0.2) is 0 Å². The molecule has 1 aliphatic carbocycles. The molecule has 0 heterocycles. The molecule has 2 rings (SSSR count). The quantitative estimate of drug-likeness (QED) is 0.676. The smallest absolute Gasteiger partial charge is 0.310 e. The van der Waals surface area contributed by atoms with Gasteiger partial charge in [0.25, 0.3) is 0 Å². The van der Waals surface area contributed by atoms with E-state index in [2.05, 4.69) is 0 Å². The highest BCUT2D eigenvalue weighted by Crippen LogP contribution is 2.28. The molecule has 0 saturated heterocycles. The molecule has 4 nitrogen and oxygen atoms in total. The molecule has 0 radical (unpaired) electrons. The molecule has 0 aromatic heterocycles. The number of rotatable bonds is 4. The maximum Gasteiger partial charge on any atom is 0.310 e. The summed E-state index contributed by atoms with van der Waals surface area (Å²) in [5, 5.41) is 10.0. The summed E-state index contributed by atoms with van der Waals surface area (Å²) in [6.07, 6.45) is 4.31. The standard InChI is InChI=1S/C15H14Cl2O4/c16-10-6-5-9(13(17)7-10)8-21-15(20)12-4-2-1-3-11(12)14(18)19/h1-2,5-7,11-12H,3-4,8H2,(H,18,19)/t11-,12-/m1/s1. The van der Waals surface area contributed by atoms with Crippen molar-refractivity contribution >= 4 is 35.1 Å². The number of ether oxygens (including phenoxy) is 1. The monoisotopic (exact) mass is 328 g/mol. The number of aliphatic carboxylic acids is 1. The number of carboxylic acid groups (broad SMARTS) is 1. The second-order valence-corrected chi connectivity index (χ2v) is 5.68. The highest BCUT2D eigenvalue weighted by Gasteiger charge is 2.35. The molecule has 1 aromatic carbocycles. The molecule has 1 aromatic rings. The number of halogens is 2. The first-order valence-corrected chi connectivity index (χ1v) is 7.23. The summed E-state index contributed by atoms with van der Waals surface area (Å²) in [4.78, 5) is 23.2. The van der Waals surface area contributed by atoms with E-state index in [1.165, 1.54) is 0 Å². The zero-order chi connectivity index (χ0) is 15.4. The molecular formula is C15H14Cl2O4. The summed E-state index contributed by atoms with van der Waals surface area (Å²) in [5.41, 5.74) is 0.632. The Bertz CT molecular complexity index is 583. The van der Waals surface area contributed by atoms with Gasteiger partial charge in [-0.15, -0.1) is 0 Å². The number of allylic oxidation sites excluding steroid dienone is 2. The van der Waals surface area contributed by atoms with Crippen LogP contribution in [0.3, 0.4) is 0 Å². The Kier molecular flexibility index (Phi) is 5.26. The fourth-order valence-corrected chi connectivity index (χ4v) is 2.71. The van der Waals surface area contributed by atoms with Crippen molar-refractivity contribution in [2.75, 3.05) is 0 Å². The zero-order valence-corrected chi connectivity index (χ0v) is 12.6. The van der Waals surface area contributed by atoms with Crippen molar-refractivity contribution in [2.45, 2.75) is 19.4 Å². The minimum atomic E-state index is -0.981. The van der Waals surface area contributed by atoms with Crippen LogP contribution in [0.15, 0.2) is 30.4 Å². The first kappa shape index (κ1) is 15.9. The van der Waals surface area contributed by atoms with Gasteiger partial charge < -0.3 is 9.84 Å². The van der Waals surface area contributed by atoms with Crippen molar-refractivity contribution in [3.8, 4) is 0 Å². The number of hydrogen-bond donors (Lipinski definition) is 1. The molecule has 0 aliphatic heterocycles. The average molecular weight is 329 g/mol. The summed E-state index contributed by atoms with van der Waals surface area (Å²) in [5.74, 6) is -2.88. The van der Waals surface area contributed by atoms with Crippen molar-refractivity contribution < 1.29 is 19.4 Å². The van der Waals surface area contributed by atoms with Gasteiger partial charge in [-0.1, -0.05) is 41.4 Å². The minimum Gasteiger partial charge on any atom is -0.481 e. The van der Waals surface area contributed by atoms with E-state index in [9.17, 15) is 9.59 Å². The molecule has 1 N–H and O–H groups in total. The normalized spacial score (nSPS) is 21.0. The predicted molar refractivity (Wildman–Crippen MR) is 79.2 cm³/mol. The van der Waals surface area contributed by atoms with E-state index in [4.69, 9.17) is 33.0 Å². The van der Waals surface area contributed by atoms with Crippen LogP contribution in [-0.2, 0) is 20.9 Å². The van der Waals surface area contributed by atoms with Crippen LogP contribution in [0.5, 0.6) is 0 Å². The number of carbonyl (C=O) groups is 2. The second-order valence-electron chi connectivity index (χ2n) is 4.84. The third-order valence-electron chi connectivity index (χ3n) is 3.44. The van der Waals surface area contributed by atoms with E-state index in [1.54, 1.807) is 30.4 Å². The van der Waals surface area contributed by atoms with Gasteiger partial charge in [0.1, 0.15) is 6.61 Å². The summed E-state index contributed by atoms with van der Waals surface area (Å²) >= 11 is 11.8. The number of carbonyl (C=O) groups excluding carboxylic acids is 1. The molecule has 0 unspecified atom stereocenters. The second kappa shape index (κ2) is 6.96. The van der Waals surface area contributed by atoms with Gasteiger partial charge in [-0.2, -0.15) is 0 Å². The van der Waals surface area contributed by atoms with Crippen molar-refractivity contribution in [2.24, 2.45) is 11.8 Å². The molecule has 21 heavy (non-hydrogen) atoms. The maximum absolute atomic E-state index is 12.1. The lowest BCUT2D eigenvalue weighted by molar-refractivity contribution is -0.158. The summed E-state index contributed by atoms with van der Waals surface area (Å²) in [6.45, 7) is 0.00138. The number of benzene rings is 1. The summed E-state index contributed by atoms with van der Waals surface area (Å²) in [6, 6.07) is 4.89. The molecule has 0 fully saturated rings. The minimum absolute atomic E-state index is 0.00138. The van der Waals surface area contributed by atoms with Crippen LogP contribution in [0.2, 0.25) is 10.0 Å². The van der Waals surface area contributed by atoms with Gasteiger partial charge in [0.05, 0.1) is 11.8 Å². The molecule has 6 heteroatoms. The van der Waals surface area contributed by atoms with Crippen molar-refractivity contribution in [3.63, 3.8) is 0 Å². The Morgan fingerprint density at radius 1 is 1.19 bits per heavy atom. The third-order valence-corrected chi connectivity index (χ3v) is 4.02. The van der Waals surface area contributed by atoms with Crippen LogP contribution in [0.1, 0.15) is 18.4 Å². The van der Waals surface area contributed by atoms with Gasteiger partial charge >= 0.3 is 11.9 Å². The molecule has 0 saturated carbocycles. The fraction of sp³-hybridized carbons (Fsp3) is 0.333. The molecule has 0 amide bonds.